The van der Waals surface area contributed by atoms with Crippen LogP contribution in [-0.4, -0.2) is 22.2 Å². The molecule has 4 nitrogen and oxygen atoms in total. The molecule has 3 aliphatic carbocycles. The molecular formula is C26H29NO3. The molecule has 5 atom stereocenters. The third kappa shape index (κ3) is 3.05. The highest BCUT2D eigenvalue weighted by Crippen LogP contribution is 2.63. The maximum atomic E-state index is 11.1. The molecule has 1 heterocycles. The molecule has 1 aromatic carbocycles. The molecule has 1 unspecified atom stereocenters. The minimum Gasteiger partial charge on any atom is -0.479 e. The van der Waals surface area contributed by atoms with Crippen LogP contribution in [0.1, 0.15) is 62.1 Å². The van der Waals surface area contributed by atoms with Gasteiger partial charge in [0.25, 0.3) is 0 Å². The summed E-state index contributed by atoms with van der Waals surface area (Å²) in [6.07, 6.45) is 11.3. The number of pyridine rings is 1. The summed E-state index contributed by atoms with van der Waals surface area (Å²) in [7, 11) is 0. The number of rotatable bonds is 4. The average Bonchev–Trinajstić information content (AvgIpc) is 3.11. The van der Waals surface area contributed by atoms with E-state index in [9.17, 15) is 4.79 Å². The molecule has 0 amide bonds. The van der Waals surface area contributed by atoms with Crippen LogP contribution in [0.15, 0.2) is 48.8 Å². The van der Waals surface area contributed by atoms with Crippen molar-refractivity contribution in [1.29, 1.82) is 0 Å². The van der Waals surface area contributed by atoms with E-state index in [0.717, 1.165) is 12.8 Å². The number of hydrogen-bond acceptors (Lipinski definition) is 3. The van der Waals surface area contributed by atoms with E-state index >= 15 is 0 Å². The lowest BCUT2D eigenvalue weighted by Crippen LogP contribution is -2.40. The van der Waals surface area contributed by atoms with Crippen LogP contribution in [0, 0.1) is 17.3 Å². The maximum Gasteiger partial charge on any atom is 0.344 e. The molecule has 0 aliphatic heterocycles. The normalized spacial score (nSPS) is 30.5. The Morgan fingerprint density at radius 2 is 2.17 bits per heavy atom. The average molecular weight is 404 g/mol. The first-order valence-corrected chi connectivity index (χ1v) is 11.1. The van der Waals surface area contributed by atoms with Gasteiger partial charge in [-0.25, -0.2) is 4.79 Å². The van der Waals surface area contributed by atoms with Gasteiger partial charge in [-0.1, -0.05) is 25.1 Å². The molecule has 4 heteroatoms. The number of aromatic nitrogens is 1. The predicted molar refractivity (Wildman–Crippen MR) is 116 cm³/mol. The summed E-state index contributed by atoms with van der Waals surface area (Å²) < 4.78 is 5.61. The van der Waals surface area contributed by atoms with Crippen LogP contribution in [0.5, 0.6) is 5.75 Å². The number of nitrogens with zero attached hydrogens (tertiary/aromatic N) is 1. The van der Waals surface area contributed by atoms with Crippen LogP contribution in [0.4, 0.5) is 0 Å². The fourth-order valence-corrected chi connectivity index (χ4v) is 6.42. The van der Waals surface area contributed by atoms with E-state index in [4.69, 9.17) is 9.84 Å². The Bertz CT molecular complexity index is 999. The molecule has 1 fully saturated rings. The monoisotopic (exact) mass is 403 g/mol. The van der Waals surface area contributed by atoms with Crippen LogP contribution in [0.2, 0.25) is 0 Å². The number of carbonyl (C=O) groups is 1. The highest BCUT2D eigenvalue weighted by Gasteiger charge is 2.51. The number of aryl methyl sites for hydroxylation is 1. The zero-order valence-electron chi connectivity index (χ0n) is 17.7. The Morgan fingerprint density at radius 3 is 2.93 bits per heavy atom. The minimum absolute atomic E-state index is 0.238. The topological polar surface area (TPSA) is 59.4 Å². The van der Waals surface area contributed by atoms with Crippen molar-refractivity contribution in [2.45, 2.75) is 58.0 Å². The van der Waals surface area contributed by atoms with Crippen molar-refractivity contribution in [3.05, 3.63) is 65.5 Å². The molecule has 5 rings (SSSR count). The molecule has 1 saturated carbocycles. The van der Waals surface area contributed by atoms with Crippen LogP contribution in [-0.2, 0) is 11.2 Å². The highest BCUT2D eigenvalue weighted by atomic mass is 16.5. The first-order chi connectivity index (χ1) is 14.5. The summed E-state index contributed by atoms with van der Waals surface area (Å²) >= 11 is 0. The molecule has 2 aromatic rings. The van der Waals surface area contributed by atoms with Gasteiger partial charge >= 0.3 is 5.97 Å². The molecule has 0 bridgehead atoms. The molecule has 1 N–H and O–H groups in total. The summed E-state index contributed by atoms with van der Waals surface area (Å²) in [5.74, 6) is 1.72. The third-order valence-electron chi connectivity index (χ3n) is 7.91. The molecule has 1 aromatic heterocycles. The lowest BCUT2D eigenvalue weighted by molar-refractivity contribution is -0.144. The number of aliphatic carboxylic acids is 1. The number of ether oxygens (including phenoxy) is 1. The number of carboxylic acids is 1. The second-order valence-corrected chi connectivity index (χ2v) is 9.43. The van der Waals surface area contributed by atoms with Gasteiger partial charge in [-0.15, -0.1) is 0 Å². The Hall–Kier alpha value is -2.62. The minimum atomic E-state index is -0.933. The van der Waals surface area contributed by atoms with Gasteiger partial charge in [-0.2, -0.15) is 0 Å². The van der Waals surface area contributed by atoms with Gasteiger partial charge in [0.05, 0.1) is 0 Å². The van der Waals surface area contributed by atoms with E-state index in [1.165, 1.54) is 41.5 Å². The second kappa shape index (κ2) is 7.26. The molecular weight excluding hydrogens is 374 g/mol. The molecule has 156 valence electrons. The van der Waals surface area contributed by atoms with Gasteiger partial charge in [0, 0.05) is 12.4 Å². The van der Waals surface area contributed by atoms with Gasteiger partial charge in [-0.3, -0.25) is 4.98 Å². The zero-order chi connectivity index (χ0) is 20.9. The third-order valence-corrected chi connectivity index (χ3v) is 7.91. The number of carboxylic acid groups (broad SMARTS) is 1. The first kappa shape index (κ1) is 19.3. The summed E-state index contributed by atoms with van der Waals surface area (Å²) in [5, 5.41) is 9.12. The van der Waals surface area contributed by atoms with Crippen molar-refractivity contribution in [3.8, 4) is 5.75 Å². The van der Waals surface area contributed by atoms with E-state index in [1.54, 1.807) is 6.92 Å². The van der Waals surface area contributed by atoms with Crippen molar-refractivity contribution >= 4 is 11.5 Å². The predicted octanol–water partition coefficient (Wildman–Crippen LogP) is 5.48. The van der Waals surface area contributed by atoms with Crippen molar-refractivity contribution in [2.24, 2.45) is 17.3 Å². The highest BCUT2D eigenvalue weighted by molar-refractivity contribution is 5.73. The quantitative estimate of drug-likeness (QED) is 0.734. The molecule has 0 saturated heterocycles. The summed E-state index contributed by atoms with van der Waals surface area (Å²) in [5.41, 5.74) is 5.82. The van der Waals surface area contributed by atoms with E-state index < -0.39 is 12.1 Å². The lowest BCUT2D eigenvalue weighted by atomic mass is 9.54. The molecule has 0 radical (unpaired) electrons. The van der Waals surface area contributed by atoms with Crippen molar-refractivity contribution < 1.29 is 14.6 Å². The SMILES string of the molecule is CC(Oc1ccc2c(c1)CC[C@@H]1[C@@H]2CC[C@]2(C)C(c3cccnc3)=CC[C@@H]12)C(=O)O. The largest absolute Gasteiger partial charge is 0.479 e. The fourth-order valence-electron chi connectivity index (χ4n) is 6.42. The summed E-state index contributed by atoms with van der Waals surface area (Å²) in [6, 6.07) is 10.5. The number of allylic oxidation sites excluding steroid dienone is 2. The molecule has 30 heavy (non-hydrogen) atoms. The van der Waals surface area contributed by atoms with E-state index in [1.807, 2.05) is 24.5 Å². The van der Waals surface area contributed by atoms with Crippen molar-refractivity contribution in [3.63, 3.8) is 0 Å². The van der Waals surface area contributed by atoms with Gasteiger partial charge in [0.15, 0.2) is 6.10 Å². The van der Waals surface area contributed by atoms with Gasteiger partial charge < -0.3 is 9.84 Å². The standard InChI is InChI=1S/C26H29NO3/c1-16(25(28)29)30-19-6-8-20-17(14-19)5-7-22-21(20)11-12-26(2)23(9-10-24(22)26)18-4-3-13-27-15-18/h3-4,6,8-9,13-16,21-22,24H,5,7,10-12H2,1-2H3,(H,28,29)/t16?,21-,22-,24+,26-/m1/s1. The van der Waals surface area contributed by atoms with E-state index in [-0.39, 0.29) is 5.41 Å². The van der Waals surface area contributed by atoms with Gasteiger partial charge in [-0.05, 0) is 103 Å². The maximum absolute atomic E-state index is 11.1. The lowest BCUT2D eigenvalue weighted by Gasteiger charge is -2.50. The van der Waals surface area contributed by atoms with E-state index in [2.05, 4.69) is 36.2 Å². The fraction of sp³-hybridized carbons (Fsp3) is 0.462. The Labute approximate surface area is 178 Å². The zero-order valence-corrected chi connectivity index (χ0v) is 17.7. The summed E-state index contributed by atoms with van der Waals surface area (Å²) in [4.78, 5) is 15.5. The van der Waals surface area contributed by atoms with Crippen LogP contribution < -0.4 is 4.74 Å². The number of benzene rings is 1. The Kier molecular flexibility index (Phi) is 4.68. The number of hydrogen-bond donors (Lipinski definition) is 1. The molecule has 0 spiro atoms. The summed E-state index contributed by atoms with van der Waals surface area (Å²) in [6.45, 7) is 4.05. The second-order valence-electron chi connectivity index (χ2n) is 9.43. The van der Waals surface area contributed by atoms with Crippen molar-refractivity contribution in [2.75, 3.05) is 0 Å². The van der Waals surface area contributed by atoms with E-state index in [0.29, 0.717) is 23.5 Å². The van der Waals surface area contributed by atoms with Crippen LogP contribution in [0.25, 0.3) is 5.57 Å². The number of fused-ring (bicyclic) bond motifs is 5. The van der Waals surface area contributed by atoms with Crippen molar-refractivity contribution in [1.82, 2.24) is 4.98 Å². The Morgan fingerprint density at radius 1 is 1.30 bits per heavy atom. The Balaban J connectivity index is 1.39. The van der Waals surface area contributed by atoms with Crippen LogP contribution >= 0.6 is 0 Å². The van der Waals surface area contributed by atoms with Gasteiger partial charge in [0.2, 0.25) is 0 Å². The van der Waals surface area contributed by atoms with Gasteiger partial charge in [0.1, 0.15) is 5.75 Å². The molecule has 3 aliphatic rings. The first-order valence-electron chi connectivity index (χ1n) is 11.1. The smallest absolute Gasteiger partial charge is 0.344 e. The van der Waals surface area contributed by atoms with Crippen LogP contribution in [0.3, 0.4) is 0 Å².